The fraction of sp³-hybridized carbons (Fsp3) is 0.529. The first kappa shape index (κ1) is 15.5. The van der Waals surface area contributed by atoms with Gasteiger partial charge in [-0.2, -0.15) is 5.26 Å². The molecule has 4 nitrogen and oxygen atoms in total. The molecule has 2 atom stereocenters. The second-order valence-electron chi connectivity index (χ2n) is 5.95. The van der Waals surface area contributed by atoms with Crippen LogP contribution in [0.4, 0.5) is 0 Å². The fourth-order valence-corrected chi connectivity index (χ4v) is 2.65. The number of nitriles is 1. The van der Waals surface area contributed by atoms with Crippen molar-refractivity contribution in [2.75, 3.05) is 6.61 Å². The summed E-state index contributed by atoms with van der Waals surface area (Å²) in [5.41, 5.74) is 1.15. The largest absolute Gasteiger partial charge is 0.376 e. The predicted octanol–water partition coefficient (Wildman–Crippen LogP) is 2.88. The number of carbonyl (C=O) groups excluding carboxylic acids is 1. The van der Waals surface area contributed by atoms with E-state index in [1.54, 1.807) is 24.3 Å². The molecular formula is C17H22N2O2. The molecule has 1 heterocycles. The molecule has 2 rings (SSSR count). The molecule has 112 valence electrons. The number of rotatable bonds is 4. The van der Waals surface area contributed by atoms with Gasteiger partial charge in [-0.05, 0) is 49.4 Å². The minimum atomic E-state index is -0.0938. The van der Waals surface area contributed by atoms with Crippen molar-refractivity contribution >= 4 is 5.91 Å². The number of carbonyl (C=O) groups is 1. The maximum absolute atomic E-state index is 12.3. The Labute approximate surface area is 126 Å². The summed E-state index contributed by atoms with van der Waals surface area (Å²) < 4.78 is 5.82. The molecule has 1 fully saturated rings. The summed E-state index contributed by atoms with van der Waals surface area (Å²) in [6, 6.07) is 8.83. The Balaban J connectivity index is 2.00. The molecule has 0 spiro atoms. The van der Waals surface area contributed by atoms with E-state index in [0.717, 1.165) is 25.9 Å². The first-order valence-corrected chi connectivity index (χ1v) is 7.52. The zero-order valence-corrected chi connectivity index (χ0v) is 12.6. The van der Waals surface area contributed by atoms with Crippen LogP contribution in [-0.2, 0) is 4.74 Å². The highest BCUT2D eigenvalue weighted by atomic mass is 16.5. The van der Waals surface area contributed by atoms with Gasteiger partial charge in [0, 0.05) is 12.2 Å². The van der Waals surface area contributed by atoms with E-state index in [9.17, 15) is 4.79 Å². The third-order valence-electron chi connectivity index (χ3n) is 3.74. The molecule has 1 aromatic carbocycles. The first-order valence-electron chi connectivity index (χ1n) is 7.52. The fourth-order valence-electron chi connectivity index (χ4n) is 2.65. The van der Waals surface area contributed by atoms with Crippen LogP contribution in [0.5, 0.6) is 0 Å². The molecule has 1 aromatic rings. The van der Waals surface area contributed by atoms with Gasteiger partial charge >= 0.3 is 0 Å². The summed E-state index contributed by atoms with van der Waals surface area (Å²) in [7, 11) is 0. The van der Waals surface area contributed by atoms with E-state index in [1.807, 2.05) is 0 Å². The van der Waals surface area contributed by atoms with E-state index in [0.29, 0.717) is 17.0 Å². The number of nitrogens with one attached hydrogen (secondary N) is 1. The van der Waals surface area contributed by atoms with Gasteiger partial charge in [0.2, 0.25) is 0 Å². The molecule has 1 amide bonds. The molecule has 0 aliphatic carbocycles. The molecule has 0 saturated carbocycles. The highest BCUT2D eigenvalue weighted by Gasteiger charge is 2.28. The Bertz CT molecular complexity index is 517. The molecule has 2 unspecified atom stereocenters. The first-order chi connectivity index (χ1) is 10.1. The van der Waals surface area contributed by atoms with Crippen molar-refractivity contribution in [2.45, 2.75) is 45.3 Å². The maximum Gasteiger partial charge on any atom is 0.251 e. The van der Waals surface area contributed by atoms with E-state index in [-0.39, 0.29) is 18.1 Å². The molecule has 0 aromatic heterocycles. The van der Waals surface area contributed by atoms with E-state index in [4.69, 9.17) is 10.00 Å². The van der Waals surface area contributed by atoms with Gasteiger partial charge in [0.15, 0.2) is 0 Å². The molecule has 21 heavy (non-hydrogen) atoms. The van der Waals surface area contributed by atoms with Crippen LogP contribution in [-0.4, -0.2) is 24.7 Å². The normalized spacial score (nSPS) is 21.8. The number of benzene rings is 1. The number of amides is 1. The van der Waals surface area contributed by atoms with Crippen LogP contribution in [0.2, 0.25) is 0 Å². The average Bonchev–Trinajstić information content (AvgIpc) is 2.49. The van der Waals surface area contributed by atoms with Crippen LogP contribution in [0.1, 0.15) is 49.0 Å². The lowest BCUT2D eigenvalue weighted by Gasteiger charge is -2.33. The number of ether oxygens (including phenoxy) is 1. The van der Waals surface area contributed by atoms with E-state index < -0.39 is 0 Å². The van der Waals surface area contributed by atoms with Crippen molar-refractivity contribution in [3.63, 3.8) is 0 Å². The molecule has 4 heteroatoms. The average molecular weight is 286 g/mol. The highest BCUT2D eigenvalue weighted by Crippen LogP contribution is 2.20. The van der Waals surface area contributed by atoms with Crippen molar-refractivity contribution in [3.05, 3.63) is 35.4 Å². The number of hydrogen-bond acceptors (Lipinski definition) is 3. The van der Waals surface area contributed by atoms with Crippen LogP contribution >= 0.6 is 0 Å². The van der Waals surface area contributed by atoms with Gasteiger partial charge in [0.05, 0.1) is 23.8 Å². The number of hydrogen-bond donors (Lipinski definition) is 1. The topological polar surface area (TPSA) is 62.1 Å². The highest BCUT2D eigenvalue weighted by molar-refractivity contribution is 5.94. The lowest BCUT2D eigenvalue weighted by Crippen LogP contribution is -2.47. The van der Waals surface area contributed by atoms with Crippen molar-refractivity contribution in [1.29, 1.82) is 5.26 Å². The molecule has 1 saturated heterocycles. The Hall–Kier alpha value is -1.86. The number of nitrogens with zero attached hydrogens (tertiary/aromatic N) is 1. The smallest absolute Gasteiger partial charge is 0.251 e. The van der Waals surface area contributed by atoms with Crippen LogP contribution in [0.3, 0.4) is 0 Å². The SMILES string of the molecule is CC(C)CC1OCCCC1NC(=O)c1ccc(C#N)cc1. The lowest BCUT2D eigenvalue weighted by atomic mass is 9.94. The molecule has 1 aliphatic rings. The quantitative estimate of drug-likeness (QED) is 0.925. The standard InChI is InChI=1S/C17H22N2O2/c1-12(2)10-16-15(4-3-9-21-16)19-17(20)14-7-5-13(11-18)6-8-14/h5-8,12,15-16H,3-4,9-10H2,1-2H3,(H,19,20). The van der Waals surface area contributed by atoms with Crippen molar-refractivity contribution in [2.24, 2.45) is 5.92 Å². The lowest BCUT2D eigenvalue weighted by molar-refractivity contribution is -0.0186. The molecule has 0 bridgehead atoms. The van der Waals surface area contributed by atoms with Crippen LogP contribution < -0.4 is 5.32 Å². The second kappa shape index (κ2) is 7.24. The van der Waals surface area contributed by atoms with E-state index in [2.05, 4.69) is 25.2 Å². The Kier molecular flexibility index (Phi) is 5.35. The third kappa shape index (κ3) is 4.30. The summed E-state index contributed by atoms with van der Waals surface area (Å²) in [5.74, 6) is 0.450. The van der Waals surface area contributed by atoms with Gasteiger partial charge in [-0.15, -0.1) is 0 Å². The Morgan fingerprint density at radius 2 is 2.14 bits per heavy atom. The van der Waals surface area contributed by atoms with Gasteiger partial charge in [-0.3, -0.25) is 4.79 Å². The van der Waals surface area contributed by atoms with Crippen LogP contribution in [0.15, 0.2) is 24.3 Å². The van der Waals surface area contributed by atoms with Crippen LogP contribution in [0.25, 0.3) is 0 Å². The predicted molar refractivity (Wildman–Crippen MR) is 80.8 cm³/mol. The zero-order valence-electron chi connectivity index (χ0n) is 12.6. The van der Waals surface area contributed by atoms with E-state index in [1.165, 1.54) is 0 Å². The van der Waals surface area contributed by atoms with Gasteiger partial charge in [0.1, 0.15) is 0 Å². The summed E-state index contributed by atoms with van der Waals surface area (Å²) in [4.78, 5) is 12.3. The second-order valence-corrected chi connectivity index (χ2v) is 5.95. The summed E-state index contributed by atoms with van der Waals surface area (Å²) in [6.45, 7) is 5.11. The Morgan fingerprint density at radius 3 is 2.76 bits per heavy atom. The van der Waals surface area contributed by atoms with Gasteiger partial charge in [-0.25, -0.2) is 0 Å². The molecule has 1 N–H and O–H groups in total. The molecule has 1 aliphatic heterocycles. The summed E-state index contributed by atoms with van der Waals surface area (Å²) in [5, 5.41) is 11.9. The van der Waals surface area contributed by atoms with E-state index >= 15 is 0 Å². The van der Waals surface area contributed by atoms with Gasteiger partial charge < -0.3 is 10.1 Å². The van der Waals surface area contributed by atoms with Crippen molar-refractivity contribution in [3.8, 4) is 6.07 Å². The van der Waals surface area contributed by atoms with Crippen molar-refractivity contribution in [1.82, 2.24) is 5.32 Å². The molecule has 0 radical (unpaired) electrons. The van der Waals surface area contributed by atoms with Crippen LogP contribution in [0, 0.1) is 17.2 Å². The maximum atomic E-state index is 12.3. The minimum absolute atomic E-state index is 0.0734. The Morgan fingerprint density at radius 1 is 1.43 bits per heavy atom. The van der Waals surface area contributed by atoms with Gasteiger partial charge in [0.25, 0.3) is 5.91 Å². The third-order valence-corrected chi connectivity index (χ3v) is 3.74. The van der Waals surface area contributed by atoms with Crippen molar-refractivity contribution < 1.29 is 9.53 Å². The molecular weight excluding hydrogens is 264 g/mol. The summed E-state index contributed by atoms with van der Waals surface area (Å²) in [6.07, 6.45) is 2.99. The minimum Gasteiger partial charge on any atom is -0.376 e. The van der Waals surface area contributed by atoms with Gasteiger partial charge in [-0.1, -0.05) is 13.8 Å². The zero-order chi connectivity index (χ0) is 15.2. The summed E-state index contributed by atoms with van der Waals surface area (Å²) >= 11 is 0. The monoisotopic (exact) mass is 286 g/mol.